The van der Waals surface area contributed by atoms with Crippen LogP contribution in [0.25, 0.3) is 6.08 Å². The lowest BCUT2D eigenvalue weighted by Gasteiger charge is -2.12. The van der Waals surface area contributed by atoms with Gasteiger partial charge in [0.05, 0.1) is 16.2 Å². The Labute approximate surface area is 247 Å². The van der Waals surface area contributed by atoms with Gasteiger partial charge in [-0.2, -0.15) is 0 Å². The number of hydrogen-bond acceptors (Lipinski definition) is 6. The van der Waals surface area contributed by atoms with Crippen molar-refractivity contribution in [1.82, 2.24) is 5.32 Å². The topological polar surface area (TPSA) is 130 Å². The molecule has 9 nitrogen and oxygen atoms in total. The molecular weight excluding hydrogens is 552 g/mol. The Morgan fingerprint density at radius 2 is 1.60 bits per heavy atom. The molecule has 0 bridgehead atoms. The molecule has 3 amide bonds. The number of thioether (sulfide) groups is 1. The third-order valence-electron chi connectivity index (χ3n) is 6.08. The molecule has 0 saturated heterocycles. The first-order valence-electron chi connectivity index (χ1n) is 12.9. The Kier molecular flexibility index (Phi) is 9.85. The van der Waals surface area contributed by atoms with E-state index in [-0.39, 0.29) is 28.6 Å². The van der Waals surface area contributed by atoms with Crippen LogP contribution in [0.5, 0.6) is 0 Å². The summed E-state index contributed by atoms with van der Waals surface area (Å²) in [5.41, 5.74) is 3.33. The van der Waals surface area contributed by atoms with Crippen LogP contribution in [-0.4, -0.2) is 28.4 Å². The second-order valence-electron chi connectivity index (χ2n) is 9.33. The predicted octanol–water partition coefficient (Wildman–Crippen LogP) is 6.35. The van der Waals surface area contributed by atoms with Gasteiger partial charge in [-0.25, -0.2) is 0 Å². The number of nitro benzene ring substituents is 1. The molecule has 4 aromatic rings. The van der Waals surface area contributed by atoms with E-state index in [9.17, 15) is 24.5 Å². The van der Waals surface area contributed by atoms with Gasteiger partial charge in [-0.15, -0.1) is 11.8 Å². The molecule has 0 aliphatic carbocycles. The smallest absolute Gasteiger partial charge is 0.276 e. The quantitative estimate of drug-likeness (QED) is 0.0867. The first kappa shape index (κ1) is 29.8. The van der Waals surface area contributed by atoms with Crippen molar-refractivity contribution >= 4 is 52.6 Å². The number of nitro groups is 1. The molecule has 0 aromatic heterocycles. The van der Waals surface area contributed by atoms with Gasteiger partial charge in [0, 0.05) is 27.9 Å². The highest BCUT2D eigenvalue weighted by atomic mass is 32.2. The van der Waals surface area contributed by atoms with E-state index in [0.29, 0.717) is 11.3 Å². The van der Waals surface area contributed by atoms with Gasteiger partial charge in [-0.1, -0.05) is 54.1 Å². The maximum absolute atomic E-state index is 13.4. The fraction of sp³-hybridized carbons (Fsp3) is 0.0938. The Bertz CT molecular complexity index is 1670. The maximum atomic E-state index is 13.4. The van der Waals surface area contributed by atoms with Crippen molar-refractivity contribution in [3.05, 3.63) is 135 Å². The highest BCUT2D eigenvalue weighted by Crippen LogP contribution is 2.24. The molecule has 0 radical (unpaired) electrons. The molecule has 0 spiro atoms. The number of rotatable bonds is 10. The van der Waals surface area contributed by atoms with Gasteiger partial charge in [0.2, 0.25) is 5.91 Å². The highest BCUT2D eigenvalue weighted by molar-refractivity contribution is 8.00. The molecule has 0 aliphatic rings. The third kappa shape index (κ3) is 8.15. The molecule has 4 rings (SSSR count). The third-order valence-corrected chi connectivity index (χ3v) is 7.07. The summed E-state index contributed by atoms with van der Waals surface area (Å²) in [4.78, 5) is 50.5. The van der Waals surface area contributed by atoms with Crippen molar-refractivity contribution in [1.29, 1.82) is 0 Å². The molecule has 0 fully saturated rings. The number of benzene rings is 4. The van der Waals surface area contributed by atoms with Crippen molar-refractivity contribution in [3.63, 3.8) is 0 Å². The highest BCUT2D eigenvalue weighted by Gasteiger charge is 2.18. The van der Waals surface area contributed by atoms with E-state index in [1.165, 1.54) is 36.0 Å². The van der Waals surface area contributed by atoms with Crippen LogP contribution in [0.15, 0.2) is 108 Å². The van der Waals surface area contributed by atoms with E-state index in [2.05, 4.69) is 16.0 Å². The van der Waals surface area contributed by atoms with Gasteiger partial charge < -0.3 is 16.0 Å². The van der Waals surface area contributed by atoms with E-state index in [0.717, 1.165) is 21.7 Å². The fourth-order valence-electron chi connectivity index (χ4n) is 4.02. The van der Waals surface area contributed by atoms with Crippen LogP contribution in [0.1, 0.15) is 27.0 Å². The zero-order chi connectivity index (χ0) is 30.1. The second kappa shape index (κ2) is 13.9. The van der Waals surface area contributed by atoms with Crippen molar-refractivity contribution in [3.8, 4) is 0 Å². The molecule has 42 heavy (non-hydrogen) atoms. The van der Waals surface area contributed by atoms with E-state index >= 15 is 0 Å². The minimum atomic E-state index is -0.674. The van der Waals surface area contributed by atoms with Crippen molar-refractivity contribution in [2.45, 2.75) is 18.7 Å². The number of nitrogens with zero attached hydrogens (tertiary/aromatic N) is 1. The minimum Gasteiger partial charge on any atom is -0.325 e. The molecule has 0 saturated carbocycles. The van der Waals surface area contributed by atoms with Gasteiger partial charge in [0.25, 0.3) is 17.5 Å². The number of carbonyl (C=O) groups excluding carboxylic acids is 3. The minimum absolute atomic E-state index is 0.153. The summed E-state index contributed by atoms with van der Waals surface area (Å²) in [7, 11) is 0. The fourth-order valence-corrected chi connectivity index (χ4v) is 4.78. The summed E-state index contributed by atoms with van der Waals surface area (Å²) >= 11 is 1.30. The predicted molar refractivity (Wildman–Crippen MR) is 165 cm³/mol. The zero-order valence-electron chi connectivity index (χ0n) is 22.9. The van der Waals surface area contributed by atoms with Crippen LogP contribution in [0, 0.1) is 24.0 Å². The monoisotopic (exact) mass is 580 g/mol. The number of hydrogen-bond donors (Lipinski definition) is 3. The van der Waals surface area contributed by atoms with E-state index in [1.54, 1.807) is 54.6 Å². The van der Waals surface area contributed by atoms with E-state index in [4.69, 9.17) is 0 Å². The lowest BCUT2D eigenvalue weighted by atomic mass is 10.1. The Morgan fingerprint density at radius 1 is 0.857 bits per heavy atom. The first-order chi connectivity index (χ1) is 20.2. The van der Waals surface area contributed by atoms with Gasteiger partial charge in [0.1, 0.15) is 5.70 Å². The standard InChI is InChI=1S/C32H28N4O5S/c1-21-15-16-27(22(2)17-21)34-30(37)20-42-26-13-8-12-25(19-26)33-32(39)28(35-31(38)23-9-4-3-5-10-23)18-24-11-6-7-14-29(24)36(40)41/h3-19H,20H2,1-2H3,(H,33,39)(H,34,37)(H,35,38)/b28-18+. The Balaban J connectivity index is 1.50. The van der Waals surface area contributed by atoms with Gasteiger partial charge in [0.15, 0.2) is 0 Å². The lowest BCUT2D eigenvalue weighted by molar-refractivity contribution is -0.385. The Morgan fingerprint density at radius 3 is 2.33 bits per heavy atom. The number of anilines is 2. The zero-order valence-corrected chi connectivity index (χ0v) is 23.7. The van der Waals surface area contributed by atoms with Gasteiger partial charge in [-0.3, -0.25) is 24.5 Å². The Hall–Kier alpha value is -5.22. The molecular formula is C32H28N4O5S. The van der Waals surface area contributed by atoms with Crippen molar-refractivity contribution in [2.75, 3.05) is 16.4 Å². The summed E-state index contributed by atoms with van der Waals surface area (Å²) < 4.78 is 0. The average Bonchev–Trinajstić information content (AvgIpc) is 2.98. The molecule has 0 unspecified atom stereocenters. The number of carbonyl (C=O) groups is 3. The SMILES string of the molecule is Cc1ccc(NC(=O)CSc2cccc(NC(=O)/C(=C\c3ccccc3[N+](=O)[O-])NC(=O)c3ccccc3)c2)c(C)c1. The van der Waals surface area contributed by atoms with Gasteiger partial charge in [-0.05, 0) is 68.0 Å². The molecule has 212 valence electrons. The molecule has 0 heterocycles. The molecule has 0 atom stereocenters. The van der Waals surface area contributed by atoms with E-state index in [1.807, 2.05) is 38.1 Å². The lowest BCUT2D eigenvalue weighted by Crippen LogP contribution is -2.30. The van der Waals surface area contributed by atoms with Crippen LogP contribution < -0.4 is 16.0 Å². The summed E-state index contributed by atoms with van der Waals surface area (Å²) in [5, 5.41) is 19.8. The number of amides is 3. The molecule has 3 N–H and O–H groups in total. The summed E-state index contributed by atoms with van der Waals surface area (Å²) in [6, 6.07) is 26.9. The van der Waals surface area contributed by atoms with Crippen LogP contribution in [0.2, 0.25) is 0 Å². The molecule has 4 aromatic carbocycles. The van der Waals surface area contributed by atoms with E-state index < -0.39 is 16.7 Å². The largest absolute Gasteiger partial charge is 0.325 e. The summed E-state index contributed by atoms with van der Waals surface area (Å²) in [6.45, 7) is 3.92. The van der Waals surface area contributed by atoms with Crippen LogP contribution in [0.4, 0.5) is 17.1 Å². The summed E-state index contributed by atoms with van der Waals surface area (Å²) in [5.74, 6) is -1.23. The van der Waals surface area contributed by atoms with Crippen molar-refractivity contribution < 1.29 is 19.3 Å². The van der Waals surface area contributed by atoms with Crippen molar-refractivity contribution in [2.24, 2.45) is 0 Å². The molecule has 10 heteroatoms. The van der Waals surface area contributed by atoms with Crippen LogP contribution in [-0.2, 0) is 9.59 Å². The normalized spacial score (nSPS) is 11.0. The number of para-hydroxylation sites is 1. The average molecular weight is 581 g/mol. The maximum Gasteiger partial charge on any atom is 0.276 e. The first-order valence-corrected chi connectivity index (χ1v) is 13.9. The second-order valence-corrected chi connectivity index (χ2v) is 10.4. The molecule has 0 aliphatic heterocycles. The van der Waals surface area contributed by atoms with Crippen LogP contribution >= 0.6 is 11.8 Å². The number of aryl methyl sites for hydroxylation is 2. The summed E-state index contributed by atoms with van der Waals surface area (Å²) in [6.07, 6.45) is 1.27. The van der Waals surface area contributed by atoms with Crippen LogP contribution in [0.3, 0.4) is 0 Å². The number of nitrogens with one attached hydrogen (secondary N) is 3. The van der Waals surface area contributed by atoms with Gasteiger partial charge >= 0.3 is 0 Å².